The zero-order chi connectivity index (χ0) is 22.8. The molecule has 33 heavy (non-hydrogen) atoms. The summed E-state index contributed by atoms with van der Waals surface area (Å²) in [4.78, 5) is 16.6. The molecule has 7 heteroatoms. The maximum Gasteiger partial charge on any atom is 0.225 e. The van der Waals surface area contributed by atoms with Crippen molar-refractivity contribution in [2.24, 2.45) is 17.8 Å². The molecule has 0 N–H and O–H groups in total. The smallest absolute Gasteiger partial charge is 0.225 e. The Morgan fingerprint density at radius 1 is 1.12 bits per heavy atom. The van der Waals surface area contributed by atoms with Gasteiger partial charge < -0.3 is 9.64 Å². The van der Waals surface area contributed by atoms with Crippen LogP contribution in [0.15, 0.2) is 36.8 Å². The van der Waals surface area contributed by atoms with Gasteiger partial charge in [-0.15, -0.1) is 11.3 Å². The van der Waals surface area contributed by atoms with Gasteiger partial charge in [0.1, 0.15) is 5.82 Å². The number of aryl methyl sites for hydroxylation is 2. The minimum atomic E-state index is -0.201. The lowest BCUT2D eigenvalue weighted by atomic mass is 9.91. The SMILES string of the molecule is CCc1cnc(N2CCC([C@H]3C[C@H]3COCc3ccc(-c4cnc(C)s4)cc3F)CC2)nc1. The number of anilines is 1. The fraction of sp³-hybridized carbons (Fsp3) is 0.500. The molecule has 3 aromatic rings. The van der Waals surface area contributed by atoms with Crippen molar-refractivity contribution < 1.29 is 9.13 Å². The van der Waals surface area contributed by atoms with Crippen LogP contribution in [-0.4, -0.2) is 34.6 Å². The van der Waals surface area contributed by atoms with Gasteiger partial charge in [-0.25, -0.2) is 19.3 Å². The first kappa shape index (κ1) is 22.4. The molecule has 1 aromatic carbocycles. The highest BCUT2D eigenvalue weighted by Crippen LogP contribution is 2.48. The highest BCUT2D eigenvalue weighted by atomic mass is 32.1. The van der Waals surface area contributed by atoms with Crippen LogP contribution >= 0.6 is 11.3 Å². The first-order chi connectivity index (χ1) is 16.1. The van der Waals surface area contributed by atoms with E-state index in [4.69, 9.17) is 4.74 Å². The molecular formula is C26H31FN4OS. The molecule has 2 aromatic heterocycles. The van der Waals surface area contributed by atoms with Crippen LogP contribution < -0.4 is 4.90 Å². The van der Waals surface area contributed by atoms with Gasteiger partial charge in [-0.3, -0.25) is 0 Å². The summed E-state index contributed by atoms with van der Waals surface area (Å²) < 4.78 is 20.5. The van der Waals surface area contributed by atoms with Gasteiger partial charge in [0.05, 0.1) is 23.1 Å². The molecule has 5 nitrogen and oxygen atoms in total. The van der Waals surface area contributed by atoms with E-state index in [9.17, 15) is 4.39 Å². The number of hydrogen-bond acceptors (Lipinski definition) is 6. The van der Waals surface area contributed by atoms with E-state index in [-0.39, 0.29) is 5.82 Å². The molecule has 2 fully saturated rings. The molecule has 1 saturated heterocycles. The van der Waals surface area contributed by atoms with Crippen LogP contribution in [0.3, 0.4) is 0 Å². The highest BCUT2D eigenvalue weighted by molar-refractivity contribution is 7.15. The number of thiazole rings is 1. The van der Waals surface area contributed by atoms with E-state index in [2.05, 4.69) is 26.8 Å². The normalized spacial score (nSPS) is 20.9. The molecule has 0 radical (unpaired) electrons. The molecule has 0 amide bonds. The van der Waals surface area contributed by atoms with Gasteiger partial charge in [0, 0.05) is 37.2 Å². The number of nitrogens with zero attached hydrogens (tertiary/aromatic N) is 4. The first-order valence-electron chi connectivity index (χ1n) is 12.0. The summed E-state index contributed by atoms with van der Waals surface area (Å²) in [6.45, 7) is 7.19. The first-order valence-corrected chi connectivity index (χ1v) is 12.8. The summed E-state index contributed by atoms with van der Waals surface area (Å²) in [6, 6.07) is 5.40. The summed E-state index contributed by atoms with van der Waals surface area (Å²) in [7, 11) is 0. The number of piperidine rings is 1. The lowest BCUT2D eigenvalue weighted by Crippen LogP contribution is -2.35. The van der Waals surface area contributed by atoms with Gasteiger partial charge in [-0.1, -0.05) is 19.1 Å². The summed E-state index contributed by atoms with van der Waals surface area (Å²) >= 11 is 1.58. The maximum atomic E-state index is 14.6. The Labute approximate surface area is 199 Å². The zero-order valence-corrected chi connectivity index (χ0v) is 20.2. The molecule has 1 aliphatic heterocycles. The third kappa shape index (κ3) is 5.25. The Balaban J connectivity index is 1.05. The topological polar surface area (TPSA) is 51.1 Å². The summed E-state index contributed by atoms with van der Waals surface area (Å²) in [5, 5.41) is 0.987. The molecule has 3 heterocycles. The van der Waals surface area contributed by atoms with Crippen molar-refractivity contribution in [2.45, 2.75) is 46.1 Å². The predicted molar refractivity (Wildman–Crippen MR) is 130 cm³/mol. The Bertz CT molecular complexity index is 1080. The molecule has 1 aliphatic carbocycles. The fourth-order valence-electron chi connectivity index (χ4n) is 4.89. The maximum absolute atomic E-state index is 14.6. The summed E-state index contributed by atoms with van der Waals surface area (Å²) in [5.74, 6) is 2.78. The second-order valence-corrected chi connectivity index (χ2v) is 10.5. The average molecular weight is 467 g/mol. The molecule has 2 atom stereocenters. The molecule has 1 saturated carbocycles. The quantitative estimate of drug-likeness (QED) is 0.428. The lowest BCUT2D eigenvalue weighted by molar-refractivity contribution is 0.102. The molecule has 0 spiro atoms. The largest absolute Gasteiger partial charge is 0.376 e. The van der Waals surface area contributed by atoms with Gasteiger partial charge in [-0.2, -0.15) is 0 Å². The van der Waals surface area contributed by atoms with E-state index in [0.717, 1.165) is 59.3 Å². The minimum absolute atomic E-state index is 0.201. The Morgan fingerprint density at radius 3 is 2.58 bits per heavy atom. The number of hydrogen-bond donors (Lipinski definition) is 0. The fourth-order valence-corrected chi connectivity index (χ4v) is 5.67. The Hall–Kier alpha value is -2.38. The predicted octanol–water partition coefficient (Wildman–Crippen LogP) is 5.68. The number of halogens is 1. The Morgan fingerprint density at radius 2 is 1.91 bits per heavy atom. The number of ether oxygens (including phenoxy) is 1. The number of rotatable bonds is 8. The van der Waals surface area contributed by atoms with Crippen molar-refractivity contribution in [2.75, 3.05) is 24.6 Å². The monoisotopic (exact) mass is 466 g/mol. The van der Waals surface area contributed by atoms with E-state index in [1.165, 1.54) is 24.8 Å². The summed E-state index contributed by atoms with van der Waals surface area (Å²) in [6.07, 6.45) is 10.3. The van der Waals surface area contributed by atoms with Crippen LogP contribution in [0.25, 0.3) is 10.4 Å². The standard InChI is InChI=1S/C26H31FN4OS/c1-3-18-12-29-26(30-13-18)31-8-6-19(7-9-31)23-10-22(23)16-32-15-21-5-4-20(11-24(21)27)25-14-28-17(2)33-25/h4-5,11-14,19,22-23H,3,6-10,15-16H2,1-2H3/t22-,23+/m0/s1. The van der Waals surface area contributed by atoms with E-state index in [1.54, 1.807) is 23.6 Å². The van der Waals surface area contributed by atoms with Crippen LogP contribution in [0.4, 0.5) is 10.3 Å². The zero-order valence-electron chi connectivity index (χ0n) is 19.3. The van der Waals surface area contributed by atoms with Crippen molar-refractivity contribution in [3.05, 3.63) is 58.7 Å². The van der Waals surface area contributed by atoms with Crippen molar-refractivity contribution in [3.8, 4) is 10.4 Å². The van der Waals surface area contributed by atoms with E-state index in [0.29, 0.717) is 18.1 Å². The van der Waals surface area contributed by atoms with Gasteiger partial charge >= 0.3 is 0 Å². The second-order valence-electron chi connectivity index (χ2n) is 9.29. The second kappa shape index (κ2) is 9.85. The van der Waals surface area contributed by atoms with Crippen molar-refractivity contribution in [1.29, 1.82) is 0 Å². The Kier molecular flexibility index (Phi) is 6.69. The van der Waals surface area contributed by atoms with Crippen molar-refractivity contribution >= 4 is 17.3 Å². The van der Waals surface area contributed by atoms with Gasteiger partial charge in [0.25, 0.3) is 0 Å². The summed E-state index contributed by atoms with van der Waals surface area (Å²) in [5.41, 5.74) is 2.68. The molecule has 5 rings (SSSR count). The van der Waals surface area contributed by atoms with Crippen LogP contribution in [-0.2, 0) is 17.8 Å². The van der Waals surface area contributed by atoms with Crippen molar-refractivity contribution in [1.82, 2.24) is 15.0 Å². The molecular weight excluding hydrogens is 435 g/mol. The third-order valence-electron chi connectivity index (χ3n) is 7.05. The van der Waals surface area contributed by atoms with Crippen LogP contribution in [0, 0.1) is 30.5 Å². The molecule has 0 bridgehead atoms. The van der Waals surface area contributed by atoms with E-state index < -0.39 is 0 Å². The number of aromatic nitrogens is 3. The van der Waals surface area contributed by atoms with Crippen molar-refractivity contribution in [3.63, 3.8) is 0 Å². The van der Waals surface area contributed by atoms with Crippen LogP contribution in [0.5, 0.6) is 0 Å². The molecule has 0 unspecified atom stereocenters. The van der Waals surface area contributed by atoms with Gasteiger partial charge in [-0.05, 0) is 67.6 Å². The minimum Gasteiger partial charge on any atom is -0.376 e. The van der Waals surface area contributed by atoms with Gasteiger partial charge in [0.15, 0.2) is 0 Å². The lowest BCUT2D eigenvalue weighted by Gasteiger charge is -2.32. The third-order valence-corrected chi connectivity index (χ3v) is 8.02. The molecule has 174 valence electrons. The van der Waals surface area contributed by atoms with Crippen LogP contribution in [0.1, 0.15) is 42.3 Å². The average Bonchev–Trinajstić information content (AvgIpc) is 3.49. The van der Waals surface area contributed by atoms with E-state index in [1.807, 2.05) is 31.5 Å². The molecule has 2 aliphatic rings. The highest BCUT2D eigenvalue weighted by Gasteiger charge is 2.43. The number of benzene rings is 1. The van der Waals surface area contributed by atoms with E-state index >= 15 is 0 Å². The van der Waals surface area contributed by atoms with Crippen LogP contribution in [0.2, 0.25) is 0 Å². The van der Waals surface area contributed by atoms with Gasteiger partial charge in [0.2, 0.25) is 5.95 Å².